The first-order valence-electron chi connectivity index (χ1n) is 9.65. The van der Waals surface area contributed by atoms with E-state index in [4.69, 9.17) is 9.84 Å². The van der Waals surface area contributed by atoms with Gasteiger partial charge in [0.05, 0.1) is 0 Å². The monoisotopic (exact) mass is 408 g/mol. The minimum Gasteiger partial charge on any atom is -0.480 e. The van der Waals surface area contributed by atoms with Gasteiger partial charge in [0.1, 0.15) is 19.2 Å². The molecule has 2 amide bonds. The van der Waals surface area contributed by atoms with Crippen molar-refractivity contribution in [2.75, 3.05) is 19.7 Å². The summed E-state index contributed by atoms with van der Waals surface area (Å²) in [4.78, 5) is 36.8. The number of hydrogen-bond donors (Lipinski definition) is 2. The highest BCUT2D eigenvalue weighted by Crippen LogP contribution is 2.44. The number of carboxylic acid groups (broad SMARTS) is 1. The fourth-order valence-corrected chi connectivity index (χ4v) is 3.70. The van der Waals surface area contributed by atoms with Crippen LogP contribution >= 0.6 is 0 Å². The van der Waals surface area contributed by atoms with Crippen LogP contribution in [0.2, 0.25) is 0 Å². The zero-order chi connectivity index (χ0) is 21.7. The quantitative estimate of drug-likeness (QED) is 0.655. The van der Waals surface area contributed by atoms with Gasteiger partial charge in [-0.15, -0.1) is 6.58 Å². The van der Waals surface area contributed by atoms with Gasteiger partial charge >= 0.3 is 12.1 Å². The first kappa shape index (κ1) is 21.1. The number of benzene rings is 2. The first-order chi connectivity index (χ1) is 14.4. The van der Waals surface area contributed by atoms with Gasteiger partial charge in [-0.2, -0.15) is 0 Å². The third-order valence-corrected chi connectivity index (χ3v) is 5.04. The average Bonchev–Trinajstić information content (AvgIpc) is 3.05. The van der Waals surface area contributed by atoms with Gasteiger partial charge in [0.2, 0.25) is 5.91 Å². The molecule has 0 spiro atoms. The van der Waals surface area contributed by atoms with Crippen LogP contribution in [0.4, 0.5) is 4.79 Å². The number of amides is 2. The molecule has 7 nitrogen and oxygen atoms in total. The molecule has 3 rings (SSSR count). The maximum Gasteiger partial charge on any atom is 0.407 e. The van der Waals surface area contributed by atoms with E-state index in [2.05, 4.69) is 11.9 Å². The summed E-state index contributed by atoms with van der Waals surface area (Å²) in [5, 5.41) is 11.4. The Bertz CT molecular complexity index is 926. The van der Waals surface area contributed by atoms with Crippen LogP contribution in [-0.2, 0) is 14.3 Å². The summed E-state index contributed by atoms with van der Waals surface area (Å²) in [5.74, 6) is -1.75. The lowest BCUT2D eigenvalue weighted by Gasteiger charge is -2.23. The second kappa shape index (κ2) is 9.26. The van der Waals surface area contributed by atoms with Crippen molar-refractivity contribution in [2.24, 2.45) is 0 Å². The molecule has 1 aliphatic rings. The summed E-state index contributed by atoms with van der Waals surface area (Å²) in [6, 6.07) is 15.1. The fourth-order valence-electron chi connectivity index (χ4n) is 3.70. The average molecular weight is 408 g/mol. The molecule has 2 aromatic carbocycles. The van der Waals surface area contributed by atoms with E-state index in [1.54, 1.807) is 0 Å². The minimum atomic E-state index is -1.14. The van der Waals surface area contributed by atoms with Gasteiger partial charge in [-0.25, -0.2) is 4.79 Å². The van der Waals surface area contributed by atoms with E-state index in [9.17, 15) is 14.4 Å². The number of ether oxygens (including phenoxy) is 1. The summed E-state index contributed by atoms with van der Waals surface area (Å²) >= 11 is 0. The van der Waals surface area contributed by atoms with Crippen LogP contribution < -0.4 is 5.32 Å². The largest absolute Gasteiger partial charge is 0.480 e. The van der Waals surface area contributed by atoms with E-state index in [-0.39, 0.29) is 19.1 Å². The molecule has 0 heterocycles. The Hall–Kier alpha value is -3.61. The molecule has 0 unspecified atom stereocenters. The first-order valence-corrected chi connectivity index (χ1v) is 9.65. The number of carbonyl (C=O) groups excluding carboxylic acids is 2. The molecule has 1 atom stereocenters. The Labute approximate surface area is 175 Å². The van der Waals surface area contributed by atoms with Crippen LogP contribution in [0.25, 0.3) is 11.1 Å². The summed E-state index contributed by atoms with van der Waals surface area (Å²) in [6.45, 7) is 4.74. The third kappa shape index (κ3) is 4.51. The van der Waals surface area contributed by atoms with Crippen LogP contribution in [0.15, 0.2) is 61.2 Å². The summed E-state index contributed by atoms with van der Waals surface area (Å²) in [6.07, 6.45) is 0.701. The van der Waals surface area contributed by atoms with Crippen molar-refractivity contribution in [3.05, 3.63) is 72.3 Å². The van der Waals surface area contributed by atoms with E-state index in [0.717, 1.165) is 27.2 Å². The van der Waals surface area contributed by atoms with E-state index in [1.807, 2.05) is 48.5 Å². The van der Waals surface area contributed by atoms with Crippen molar-refractivity contribution in [1.29, 1.82) is 0 Å². The molecule has 1 aliphatic carbocycles. The Kier molecular flexibility index (Phi) is 6.51. The molecule has 0 bridgehead atoms. The van der Waals surface area contributed by atoms with Gasteiger partial charge in [-0.3, -0.25) is 9.59 Å². The molecule has 7 heteroatoms. The Morgan fingerprint density at radius 2 is 1.70 bits per heavy atom. The summed E-state index contributed by atoms with van der Waals surface area (Å²) < 4.78 is 5.42. The van der Waals surface area contributed by atoms with Gasteiger partial charge in [-0.05, 0) is 29.2 Å². The number of rotatable bonds is 8. The number of nitrogens with one attached hydrogen (secondary N) is 1. The van der Waals surface area contributed by atoms with Crippen molar-refractivity contribution in [3.63, 3.8) is 0 Å². The molecular weight excluding hydrogens is 384 g/mol. The number of hydrogen-bond acceptors (Lipinski definition) is 4. The highest BCUT2D eigenvalue weighted by atomic mass is 16.5. The van der Waals surface area contributed by atoms with Crippen LogP contribution in [0.1, 0.15) is 24.0 Å². The number of fused-ring (bicyclic) bond motifs is 3. The van der Waals surface area contributed by atoms with Gasteiger partial charge in [-0.1, -0.05) is 54.6 Å². The SMILES string of the molecule is C=CCN(CC(=O)O)C(=O)[C@@H](C)NC(=O)OCC1c2ccccc2-c2ccccc21. The molecule has 0 saturated carbocycles. The lowest BCUT2D eigenvalue weighted by molar-refractivity contribution is -0.144. The number of alkyl carbamates (subject to hydrolysis) is 1. The maximum absolute atomic E-state index is 12.4. The van der Waals surface area contributed by atoms with Crippen molar-refractivity contribution < 1.29 is 24.2 Å². The zero-order valence-corrected chi connectivity index (χ0v) is 16.7. The predicted molar refractivity (Wildman–Crippen MR) is 112 cm³/mol. The predicted octanol–water partition coefficient (Wildman–Crippen LogP) is 3.01. The minimum absolute atomic E-state index is 0.0713. The Balaban J connectivity index is 1.63. The highest BCUT2D eigenvalue weighted by Gasteiger charge is 2.29. The van der Waals surface area contributed by atoms with E-state index in [0.29, 0.717) is 0 Å². The lowest BCUT2D eigenvalue weighted by atomic mass is 9.98. The number of aliphatic carboxylic acids is 1. The van der Waals surface area contributed by atoms with Crippen molar-refractivity contribution in [2.45, 2.75) is 18.9 Å². The van der Waals surface area contributed by atoms with Gasteiger partial charge in [0.15, 0.2) is 0 Å². The number of nitrogens with zero attached hydrogens (tertiary/aromatic N) is 1. The van der Waals surface area contributed by atoms with E-state index < -0.39 is 30.6 Å². The number of carboxylic acids is 1. The van der Waals surface area contributed by atoms with E-state index in [1.165, 1.54) is 13.0 Å². The summed E-state index contributed by atoms with van der Waals surface area (Å²) in [7, 11) is 0. The van der Waals surface area contributed by atoms with Crippen LogP contribution in [0, 0.1) is 0 Å². The molecular formula is C23H24N2O5. The number of carbonyl (C=O) groups is 3. The lowest BCUT2D eigenvalue weighted by Crippen LogP contribution is -2.48. The zero-order valence-electron chi connectivity index (χ0n) is 16.7. The van der Waals surface area contributed by atoms with Crippen LogP contribution in [0.3, 0.4) is 0 Å². The molecule has 2 aromatic rings. The molecule has 0 fully saturated rings. The van der Waals surface area contributed by atoms with Crippen molar-refractivity contribution >= 4 is 18.0 Å². The second-order valence-electron chi connectivity index (χ2n) is 7.09. The molecule has 0 saturated heterocycles. The van der Waals surface area contributed by atoms with Gasteiger partial charge in [0, 0.05) is 12.5 Å². The van der Waals surface area contributed by atoms with Gasteiger partial charge in [0.25, 0.3) is 0 Å². The smallest absolute Gasteiger partial charge is 0.407 e. The second-order valence-corrected chi connectivity index (χ2v) is 7.09. The summed E-state index contributed by atoms with van der Waals surface area (Å²) in [5.41, 5.74) is 4.43. The van der Waals surface area contributed by atoms with Crippen LogP contribution in [0.5, 0.6) is 0 Å². The van der Waals surface area contributed by atoms with Crippen LogP contribution in [-0.4, -0.2) is 53.7 Å². The van der Waals surface area contributed by atoms with Gasteiger partial charge < -0.3 is 20.1 Å². The molecule has 0 aromatic heterocycles. The normalized spacial score (nSPS) is 13.0. The Morgan fingerprint density at radius 1 is 1.13 bits per heavy atom. The van der Waals surface area contributed by atoms with Crippen molar-refractivity contribution in [1.82, 2.24) is 10.2 Å². The molecule has 0 radical (unpaired) electrons. The Morgan fingerprint density at radius 3 is 2.23 bits per heavy atom. The maximum atomic E-state index is 12.4. The molecule has 156 valence electrons. The standard InChI is InChI=1S/C23H24N2O5/c1-3-12-25(13-21(26)27)22(28)15(2)24-23(29)30-14-20-18-10-6-4-8-16(18)17-9-5-7-11-19(17)20/h3-11,15,20H,1,12-14H2,2H3,(H,24,29)(H,26,27)/t15-/m1/s1. The van der Waals surface area contributed by atoms with Crippen molar-refractivity contribution in [3.8, 4) is 11.1 Å². The molecule has 0 aliphatic heterocycles. The topological polar surface area (TPSA) is 95.9 Å². The van der Waals surface area contributed by atoms with E-state index >= 15 is 0 Å². The molecule has 2 N–H and O–H groups in total. The molecule has 30 heavy (non-hydrogen) atoms. The highest BCUT2D eigenvalue weighted by molar-refractivity contribution is 5.88. The fraction of sp³-hybridized carbons (Fsp3) is 0.261. The third-order valence-electron chi connectivity index (χ3n) is 5.04.